The van der Waals surface area contributed by atoms with Gasteiger partial charge in [0.2, 0.25) is 17.7 Å². The molecule has 2 unspecified atom stereocenters. The van der Waals surface area contributed by atoms with Crippen molar-refractivity contribution in [2.45, 2.75) is 212 Å². The number of halogens is 2. The Kier molecular flexibility index (Phi) is 22.2. The number of benzene rings is 1. The fourth-order valence-electron chi connectivity index (χ4n) is 15.2. The fraction of sp³-hybridized carbons (Fsp3) is 0.697. The summed E-state index contributed by atoms with van der Waals surface area (Å²) in [6, 6.07) is 3.41. The van der Waals surface area contributed by atoms with E-state index in [0.717, 1.165) is 31.8 Å². The zero-order valence-corrected chi connectivity index (χ0v) is 53.6. The number of hydrogen-bond donors (Lipinski definition) is 8. The maximum absolute atomic E-state index is 17.9. The molecular formula is C66H95F2N7O15. The zero-order valence-electron chi connectivity index (χ0n) is 53.6. The van der Waals surface area contributed by atoms with Gasteiger partial charge in [-0.2, -0.15) is 0 Å². The van der Waals surface area contributed by atoms with Crippen LogP contribution in [0.2, 0.25) is 0 Å². The minimum Gasteiger partial charge on any atom is -0.449 e. The predicted octanol–water partition coefficient (Wildman–Crippen LogP) is 7.75. The number of ketones is 2. The van der Waals surface area contributed by atoms with Crippen molar-refractivity contribution >= 4 is 53.2 Å². The Morgan fingerprint density at radius 3 is 2.28 bits per heavy atom. The highest BCUT2D eigenvalue weighted by molar-refractivity contribution is 6.01. The number of carbonyl (C=O) groups excluding carboxylic acids is 8. The monoisotopic (exact) mass is 1260 g/mol. The topological polar surface area (TPSA) is 310 Å². The van der Waals surface area contributed by atoms with Gasteiger partial charge in [0.15, 0.2) is 29.1 Å². The quantitative estimate of drug-likeness (QED) is 0.0226. The smallest absolute Gasteiger partial charge is 0.409 e. The SMILES string of the molecule is CCCC1O[C@@H]2CC3[C@@H]4C[C@H](F)C5=CC(=O)C=C[C@]5(C)[C@@]4(F)[C@@H](O)C[C@]3(C)[C@]2(C(=O)COCNC(=O)OCc2ccc(NC(=O)[C@H](CCCNC(N)=O)NC(=O)[C@@H](NC(=O)CC(C)(C)OCCC(C)(C)NC(=O)OC[C@@H]3[C@@H]4CC/C=C\CC[C@@H]43)C(C)C)cc2)O1. The maximum Gasteiger partial charge on any atom is 0.409 e. The molecule has 1 aliphatic heterocycles. The lowest BCUT2D eigenvalue weighted by Crippen LogP contribution is -2.71. The number of aliphatic hydroxyl groups excluding tert-OH is 1. The van der Waals surface area contributed by atoms with E-state index in [-0.39, 0.29) is 63.9 Å². The van der Waals surface area contributed by atoms with Crippen molar-refractivity contribution in [3.05, 3.63) is 65.8 Å². The number of amides is 7. The molecule has 5 fully saturated rings. The van der Waals surface area contributed by atoms with Crippen molar-refractivity contribution in [3.8, 4) is 0 Å². The second-order valence-corrected chi connectivity index (χ2v) is 27.7. The Morgan fingerprint density at radius 2 is 1.61 bits per heavy atom. The number of alkyl halides is 2. The van der Waals surface area contributed by atoms with Gasteiger partial charge in [0.25, 0.3) is 0 Å². The number of allylic oxidation sites excluding steroid dienone is 6. The number of alkyl carbamates (subject to hydrolysis) is 2. The Bertz CT molecular complexity index is 2890. The van der Waals surface area contributed by atoms with E-state index in [1.165, 1.54) is 19.1 Å². The van der Waals surface area contributed by atoms with Crippen molar-refractivity contribution in [1.82, 2.24) is 26.6 Å². The Labute approximate surface area is 526 Å². The average molecular weight is 1260 g/mol. The molecule has 0 aromatic heterocycles. The molecule has 0 bridgehead atoms. The largest absolute Gasteiger partial charge is 0.449 e. The van der Waals surface area contributed by atoms with E-state index in [1.807, 2.05) is 20.8 Å². The van der Waals surface area contributed by atoms with Crippen molar-refractivity contribution in [1.29, 1.82) is 0 Å². The van der Waals surface area contributed by atoms with Gasteiger partial charge in [-0.1, -0.05) is 64.5 Å². The van der Waals surface area contributed by atoms with Gasteiger partial charge in [-0.25, -0.2) is 23.2 Å². The van der Waals surface area contributed by atoms with Crippen molar-refractivity contribution in [2.24, 2.45) is 52.1 Å². The van der Waals surface area contributed by atoms with E-state index in [1.54, 1.807) is 58.9 Å². The Balaban J connectivity index is 0.784. The number of aliphatic hydroxyl groups is 1. The van der Waals surface area contributed by atoms with Gasteiger partial charge >= 0.3 is 18.2 Å². The third-order valence-electron chi connectivity index (χ3n) is 20.0. The molecule has 0 spiro atoms. The first kappa shape index (κ1) is 69.5. The van der Waals surface area contributed by atoms with E-state index in [9.17, 15) is 43.5 Å². The molecule has 6 aliphatic carbocycles. The van der Waals surface area contributed by atoms with Crippen molar-refractivity contribution in [2.75, 3.05) is 38.4 Å². The molecule has 90 heavy (non-hydrogen) atoms. The molecule has 7 aliphatic rings. The van der Waals surface area contributed by atoms with Gasteiger partial charge in [0.1, 0.15) is 38.2 Å². The second-order valence-electron chi connectivity index (χ2n) is 27.7. The van der Waals surface area contributed by atoms with Crippen LogP contribution in [0.3, 0.4) is 0 Å². The van der Waals surface area contributed by atoms with E-state index in [0.29, 0.717) is 54.9 Å². The van der Waals surface area contributed by atoms with Crippen LogP contribution in [0.1, 0.15) is 151 Å². The van der Waals surface area contributed by atoms with Crippen molar-refractivity contribution in [3.63, 3.8) is 0 Å². The van der Waals surface area contributed by atoms with Gasteiger partial charge in [-0.15, -0.1) is 0 Å². The van der Waals surface area contributed by atoms with Crippen LogP contribution in [-0.2, 0) is 59.0 Å². The number of ether oxygens (including phenoxy) is 6. The molecule has 7 amide bonds. The van der Waals surface area contributed by atoms with Gasteiger partial charge in [0.05, 0.1) is 30.8 Å². The van der Waals surface area contributed by atoms with Crippen LogP contribution in [0.4, 0.5) is 28.9 Å². The Hall–Kier alpha value is -6.34. The van der Waals surface area contributed by atoms with Gasteiger partial charge in [-0.05, 0) is 170 Å². The maximum atomic E-state index is 17.9. The number of primary amides is 1. The molecule has 9 N–H and O–H groups in total. The standard InChI is InChI=1S/C66H95F2N7O15/c1-10-16-54-89-52-31-45-46-30-48(67)47-29-41(76)24-25-63(47,8)65(46,68)50(77)32-64(45,9)66(52,90-54)51(78)36-85-37-71-59(83)86-34-39-20-22-40(23-21-39)72-56(80)49(19-15-27-70-58(69)82)73-57(81)55(38(2)3)74-53(79)33-62(6,7)88-28-26-61(4,5)75-60(84)87-35-44-42-17-13-11-12-14-18-43(42)44/h11-12,20-25,29,38,42-46,48-50,52,54-55,77H,10,13-19,26-28,30-37H2,1-9H3,(H,71,83)(H,72,80)(H,73,81)(H,74,79)(H,75,84)(H3,69,70,82)/b12-11-/t42-,43+,44-,45?,46-,48-,49-,50-,52+,54?,55-,63-,64-,65-,66+/m0/s1. The fourth-order valence-corrected chi connectivity index (χ4v) is 15.2. The molecule has 1 aromatic carbocycles. The third kappa shape index (κ3) is 15.4. The highest BCUT2D eigenvalue weighted by Gasteiger charge is 2.80. The molecule has 1 aromatic rings. The van der Waals surface area contributed by atoms with Crippen LogP contribution >= 0.6 is 0 Å². The number of fused-ring (bicyclic) bond motifs is 8. The van der Waals surface area contributed by atoms with Gasteiger partial charge in [-0.3, -0.25) is 29.3 Å². The molecule has 24 heteroatoms. The summed E-state index contributed by atoms with van der Waals surface area (Å²) in [6.07, 6.45) is 7.64. The van der Waals surface area contributed by atoms with Crippen molar-refractivity contribution < 1.29 is 80.7 Å². The lowest BCUT2D eigenvalue weighted by atomic mass is 9.44. The van der Waals surface area contributed by atoms with E-state index in [2.05, 4.69) is 44.1 Å². The van der Waals surface area contributed by atoms with E-state index in [4.69, 9.17) is 34.2 Å². The summed E-state index contributed by atoms with van der Waals surface area (Å²) in [5.41, 5.74) is -2.39. The highest BCUT2D eigenvalue weighted by atomic mass is 19.1. The normalized spacial score (nSPS) is 31.7. The molecule has 4 saturated carbocycles. The van der Waals surface area contributed by atoms with Crippen LogP contribution in [0.25, 0.3) is 0 Å². The lowest BCUT2D eigenvalue weighted by Gasteiger charge is -2.63. The van der Waals surface area contributed by atoms with Crippen LogP contribution in [-0.4, -0.2) is 145 Å². The number of carbonyl (C=O) groups is 8. The highest BCUT2D eigenvalue weighted by Crippen LogP contribution is 2.72. The second kappa shape index (κ2) is 28.7. The first-order valence-corrected chi connectivity index (χ1v) is 32.1. The molecular weight excluding hydrogens is 1170 g/mol. The molecule has 1 heterocycles. The Morgan fingerprint density at radius 1 is 0.911 bits per heavy atom. The number of nitrogens with one attached hydrogen (secondary N) is 6. The molecule has 1 saturated heterocycles. The molecule has 15 atom stereocenters. The van der Waals surface area contributed by atoms with Gasteiger partial charge < -0.3 is 65.8 Å². The molecule has 8 rings (SSSR count). The summed E-state index contributed by atoms with van der Waals surface area (Å²) in [7, 11) is 0. The van der Waals surface area contributed by atoms with Crippen LogP contribution in [0.15, 0.2) is 60.2 Å². The number of nitrogens with two attached hydrogens (primary N) is 1. The zero-order chi connectivity index (χ0) is 65.6. The first-order chi connectivity index (χ1) is 42.5. The number of hydrogen-bond acceptors (Lipinski definition) is 15. The number of urea groups is 1. The van der Waals surface area contributed by atoms with E-state index >= 15 is 8.78 Å². The average Bonchev–Trinajstić information content (AvgIpc) is 1.57. The summed E-state index contributed by atoms with van der Waals surface area (Å²) < 4.78 is 69.8. The third-order valence-corrected chi connectivity index (χ3v) is 20.0. The van der Waals surface area contributed by atoms with Crippen LogP contribution < -0.4 is 37.6 Å². The molecule has 0 radical (unpaired) electrons. The minimum atomic E-state index is -2.36. The molecule has 498 valence electrons. The number of Topliss-reactive ketones (excluding diaryl/α,β-unsaturated/α-hetero) is 1. The number of anilines is 1. The first-order valence-electron chi connectivity index (χ1n) is 32.1. The summed E-state index contributed by atoms with van der Waals surface area (Å²) in [5, 5.41) is 28.2. The summed E-state index contributed by atoms with van der Waals surface area (Å²) in [4.78, 5) is 105. The van der Waals surface area contributed by atoms with E-state index < -0.39 is 149 Å². The van der Waals surface area contributed by atoms with Gasteiger partial charge in [0, 0.05) is 41.1 Å². The summed E-state index contributed by atoms with van der Waals surface area (Å²) in [6.45, 7) is 15.5. The summed E-state index contributed by atoms with van der Waals surface area (Å²) >= 11 is 0. The van der Waals surface area contributed by atoms with Crippen LogP contribution in [0.5, 0.6) is 0 Å². The van der Waals surface area contributed by atoms with Crippen LogP contribution in [0, 0.1) is 46.3 Å². The lowest BCUT2D eigenvalue weighted by molar-refractivity contribution is -0.235. The summed E-state index contributed by atoms with van der Waals surface area (Å²) in [5.74, 6) is -3.16. The minimum absolute atomic E-state index is 0.00620. The molecule has 22 nitrogen and oxygen atoms in total. The number of rotatable bonds is 28. The predicted molar refractivity (Wildman–Crippen MR) is 327 cm³/mol.